The number of aromatic amines is 1. The van der Waals surface area contributed by atoms with Crippen LogP contribution in [0.5, 0.6) is 0 Å². The Balaban J connectivity index is 1.92. The van der Waals surface area contributed by atoms with Crippen LogP contribution in [0.15, 0.2) is 42.6 Å². The van der Waals surface area contributed by atoms with E-state index < -0.39 is 47.0 Å². The van der Waals surface area contributed by atoms with Crippen LogP contribution in [0, 0.1) is 23.4 Å². The number of carbonyl (C=O) groups is 2. The van der Waals surface area contributed by atoms with Crippen molar-refractivity contribution in [1.82, 2.24) is 4.98 Å². The van der Waals surface area contributed by atoms with E-state index >= 15 is 0 Å². The minimum absolute atomic E-state index is 0.0877. The molecule has 150 valence electrons. The number of H-pyrrole nitrogens is 1. The Hall–Kier alpha value is -3.29. The van der Waals surface area contributed by atoms with Gasteiger partial charge in [-0.05, 0) is 35.4 Å². The van der Waals surface area contributed by atoms with Crippen LogP contribution in [-0.4, -0.2) is 22.7 Å². The number of aromatic nitrogens is 1. The summed E-state index contributed by atoms with van der Waals surface area (Å²) in [5.74, 6) is -8.17. The summed E-state index contributed by atoms with van der Waals surface area (Å²) in [6.45, 7) is 2.81. The van der Waals surface area contributed by atoms with Crippen molar-refractivity contribution in [1.29, 1.82) is 0 Å². The lowest BCUT2D eigenvalue weighted by Gasteiger charge is -2.36. The van der Waals surface area contributed by atoms with Crippen molar-refractivity contribution in [3.8, 4) is 0 Å². The maximum absolute atomic E-state index is 14.7. The van der Waals surface area contributed by atoms with E-state index in [0.717, 1.165) is 12.1 Å². The average molecular weight is 403 g/mol. The van der Waals surface area contributed by atoms with Gasteiger partial charge in [0.15, 0.2) is 5.92 Å². The van der Waals surface area contributed by atoms with Gasteiger partial charge in [-0.25, -0.2) is 13.2 Å². The summed E-state index contributed by atoms with van der Waals surface area (Å²) in [6, 6.07) is 6.76. The van der Waals surface area contributed by atoms with Gasteiger partial charge in [0.05, 0.1) is 0 Å². The molecule has 0 saturated carbocycles. The molecule has 1 unspecified atom stereocenters. The van der Waals surface area contributed by atoms with Gasteiger partial charge in [-0.3, -0.25) is 9.59 Å². The van der Waals surface area contributed by atoms with Crippen molar-refractivity contribution in [3.05, 3.63) is 71.2 Å². The van der Waals surface area contributed by atoms with Gasteiger partial charge in [-0.1, -0.05) is 6.07 Å². The summed E-state index contributed by atoms with van der Waals surface area (Å²) in [6.07, 6.45) is 1.46. The number of ether oxygens (including phenoxy) is 2. The fourth-order valence-corrected chi connectivity index (χ4v) is 3.66. The first kappa shape index (κ1) is 19.0. The minimum atomic E-state index is -1.52. The number of nitrogens with one attached hydrogen (secondary N) is 1. The number of benzene rings is 2. The van der Waals surface area contributed by atoms with Gasteiger partial charge in [-0.15, -0.1) is 0 Å². The van der Waals surface area contributed by atoms with Gasteiger partial charge in [0.2, 0.25) is 0 Å². The quantitative estimate of drug-likeness (QED) is 0.527. The summed E-state index contributed by atoms with van der Waals surface area (Å²) >= 11 is 0. The van der Waals surface area contributed by atoms with Crippen LogP contribution < -0.4 is 0 Å². The molecule has 1 fully saturated rings. The van der Waals surface area contributed by atoms with Crippen LogP contribution >= 0.6 is 0 Å². The molecule has 0 spiro atoms. The van der Waals surface area contributed by atoms with E-state index in [4.69, 9.17) is 9.47 Å². The van der Waals surface area contributed by atoms with Crippen LogP contribution in [0.3, 0.4) is 0 Å². The average Bonchev–Trinajstić information content (AvgIpc) is 3.00. The number of hydrogen-bond donors (Lipinski definition) is 1. The van der Waals surface area contributed by atoms with Gasteiger partial charge in [0.25, 0.3) is 5.79 Å². The summed E-state index contributed by atoms with van der Waals surface area (Å²) in [7, 11) is 0. The van der Waals surface area contributed by atoms with Crippen molar-refractivity contribution in [2.75, 3.05) is 0 Å². The van der Waals surface area contributed by atoms with E-state index in [0.29, 0.717) is 22.5 Å². The Morgan fingerprint density at radius 1 is 0.931 bits per heavy atom. The largest absolute Gasteiger partial charge is 0.422 e. The molecule has 0 aliphatic carbocycles. The lowest BCUT2D eigenvalue weighted by molar-refractivity contribution is -0.240. The Labute approximate surface area is 163 Å². The van der Waals surface area contributed by atoms with E-state index in [1.807, 2.05) is 0 Å². The van der Waals surface area contributed by atoms with Gasteiger partial charge < -0.3 is 14.5 Å². The molecule has 1 saturated heterocycles. The normalized spacial score (nSPS) is 17.8. The van der Waals surface area contributed by atoms with Crippen LogP contribution in [0.1, 0.15) is 30.9 Å². The van der Waals surface area contributed by atoms with Crippen LogP contribution in [0.4, 0.5) is 13.2 Å². The third-order valence-corrected chi connectivity index (χ3v) is 4.84. The second-order valence-corrected chi connectivity index (χ2v) is 7.30. The van der Waals surface area contributed by atoms with Crippen LogP contribution in [0.25, 0.3) is 10.9 Å². The molecular weight excluding hydrogens is 387 g/mol. The highest BCUT2D eigenvalue weighted by atomic mass is 19.1. The lowest BCUT2D eigenvalue weighted by atomic mass is 9.79. The molecule has 1 N–H and O–H groups in total. The van der Waals surface area contributed by atoms with E-state index in [1.165, 1.54) is 38.2 Å². The molecule has 8 heteroatoms. The number of hydrogen-bond acceptors (Lipinski definition) is 4. The fraction of sp³-hybridized carbons (Fsp3) is 0.238. The summed E-state index contributed by atoms with van der Waals surface area (Å²) in [5, 5.41) is 0.477. The fourth-order valence-electron chi connectivity index (χ4n) is 3.66. The van der Waals surface area contributed by atoms with Gasteiger partial charge >= 0.3 is 11.9 Å². The standard InChI is InChI=1S/C21H16F3NO4/c1-21(2)28-19(26)18(20(27)29-21)17(13-6-4-10(22)7-15(13)24)14-9-25-16-8-11(23)3-5-12(14)16/h3-9,17-18,25H,1-2H3. The molecule has 4 rings (SSSR count). The Bertz CT molecular complexity index is 1120. The van der Waals surface area contributed by atoms with Gasteiger partial charge in [-0.2, -0.15) is 0 Å². The monoisotopic (exact) mass is 403 g/mol. The van der Waals surface area contributed by atoms with E-state index in [2.05, 4.69) is 4.98 Å². The minimum Gasteiger partial charge on any atom is -0.422 e. The zero-order valence-electron chi connectivity index (χ0n) is 15.5. The van der Waals surface area contributed by atoms with Crippen molar-refractivity contribution in [3.63, 3.8) is 0 Å². The zero-order valence-corrected chi connectivity index (χ0v) is 15.5. The molecule has 2 heterocycles. The first-order valence-electron chi connectivity index (χ1n) is 8.83. The summed E-state index contributed by atoms with van der Waals surface area (Å²) in [4.78, 5) is 28.3. The second-order valence-electron chi connectivity index (χ2n) is 7.30. The molecular formula is C21H16F3NO4. The first-order valence-corrected chi connectivity index (χ1v) is 8.83. The molecule has 0 amide bonds. The Morgan fingerprint density at radius 3 is 2.21 bits per heavy atom. The number of carbonyl (C=O) groups excluding carboxylic acids is 2. The maximum atomic E-state index is 14.7. The smallest absolute Gasteiger partial charge is 0.324 e. The molecule has 1 aliphatic rings. The molecule has 29 heavy (non-hydrogen) atoms. The number of cyclic esters (lactones) is 2. The predicted molar refractivity (Wildman–Crippen MR) is 96.2 cm³/mol. The van der Waals surface area contributed by atoms with Crippen molar-refractivity contribution in [2.45, 2.75) is 25.6 Å². The Kier molecular flexibility index (Phi) is 4.37. The molecule has 1 atom stereocenters. The lowest BCUT2D eigenvalue weighted by Crippen LogP contribution is -2.48. The van der Waals surface area contributed by atoms with E-state index in [-0.39, 0.29) is 5.56 Å². The number of fused-ring (bicyclic) bond motifs is 1. The summed E-state index contributed by atoms with van der Waals surface area (Å²) in [5.41, 5.74) is 0.657. The number of rotatable bonds is 3. The van der Waals surface area contributed by atoms with Gasteiger partial charge in [0.1, 0.15) is 17.5 Å². The van der Waals surface area contributed by atoms with E-state index in [1.54, 1.807) is 0 Å². The second kappa shape index (κ2) is 6.65. The number of halogens is 3. The molecule has 3 aromatic rings. The Morgan fingerprint density at radius 2 is 1.55 bits per heavy atom. The van der Waals surface area contributed by atoms with Crippen molar-refractivity contribution < 1.29 is 32.2 Å². The molecule has 0 bridgehead atoms. The SMILES string of the molecule is CC1(C)OC(=O)C(C(c2ccc(F)cc2F)c2c[nH]c3cc(F)ccc23)C(=O)O1. The third-order valence-electron chi connectivity index (χ3n) is 4.84. The highest BCUT2D eigenvalue weighted by Gasteiger charge is 2.49. The molecule has 5 nitrogen and oxygen atoms in total. The first-order chi connectivity index (χ1) is 13.7. The van der Waals surface area contributed by atoms with E-state index in [9.17, 15) is 22.8 Å². The summed E-state index contributed by atoms with van der Waals surface area (Å²) < 4.78 is 52.2. The molecule has 1 aromatic heterocycles. The van der Waals surface area contributed by atoms with Crippen molar-refractivity contribution in [2.24, 2.45) is 5.92 Å². The highest BCUT2D eigenvalue weighted by molar-refractivity contribution is 5.99. The molecule has 1 aliphatic heterocycles. The van der Waals surface area contributed by atoms with Gasteiger partial charge in [0, 0.05) is 42.9 Å². The van der Waals surface area contributed by atoms with Crippen LogP contribution in [-0.2, 0) is 19.1 Å². The topological polar surface area (TPSA) is 68.4 Å². The molecule has 2 aromatic carbocycles. The zero-order chi connectivity index (χ0) is 20.9. The molecule has 0 radical (unpaired) electrons. The maximum Gasteiger partial charge on any atom is 0.324 e. The number of esters is 2. The third kappa shape index (κ3) is 3.35. The van der Waals surface area contributed by atoms with Crippen molar-refractivity contribution >= 4 is 22.8 Å². The van der Waals surface area contributed by atoms with Crippen LogP contribution in [0.2, 0.25) is 0 Å². The highest BCUT2D eigenvalue weighted by Crippen LogP contribution is 2.41. The predicted octanol–water partition coefficient (Wildman–Crippen LogP) is 4.17.